The van der Waals surface area contributed by atoms with Crippen LogP contribution in [0.1, 0.15) is 26.3 Å². The zero-order chi connectivity index (χ0) is 35.6. The Morgan fingerprint density at radius 1 is 0.521 bits per heavy atom. The first-order valence-electron chi connectivity index (χ1n) is 14.1. The normalized spacial score (nSPS) is 14.4. The van der Waals surface area contributed by atoms with Gasteiger partial charge in [0.2, 0.25) is 0 Å². The predicted octanol–water partition coefficient (Wildman–Crippen LogP) is 11.3. The van der Waals surface area contributed by atoms with Crippen LogP contribution < -0.4 is 0 Å². The van der Waals surface area contributed by atoms with Gasteiger partial charge in [0.1, 0.15) is 0 Å². The van der Waals surface area contributed by atoms with E-state index in [0.29, 0.717) is 16.3 Å². The third-order valence-electron chi connectivity index (χ3n) is 7.79. The minimum Gasteiger partial charge on any atom is -0.202 e. The molecule has 5 rings (SSSR count). The fraction of sp³-hybridized carbons (Fsp3) is 0.235. The fourth-order valence-electron chi connectivity index (χ4n) is 5.22. The number of fused-ring (bicyclic) bond motifs is 2. The molecule has 0 unspecified atom stereocenters. The summed E-state index contributed by atoms with van der Waals surface area (Å²) in [6, 6.07) is 26.9. The second-order valence-corrected chi connectivity index (χ2v) is 16.4. The molecule has 5 aromatic rings. The van der Waals surface area contributed by atoms with E-state index in [1.807, 2.05) is 20.8 Å². The molecule has 0 N–H and O–H groups in total. The van der Waals surface area contributed by atoms with Crippen molar-refractivity contribution in [2.24, 2.45) is 0 Å². The second-order valence-electron chi connectivity index (χ2n) is 12.0. The summed E-state index contributed by atoms with van der Waals surface area (Å²) < 4.78 is 160. The predicted molar refractivity (Wildman–Crippen MR) is 166 cm³/mol. The van der Waals surface area contributed by atoms with E-state index in [4.69, 9.17) is 3.63 Å². The van der Waals surface area contributed by atoms with E-state index >= 15 is 8.78 Å². The molecule has 0 fully saturated rings. The summed E-state index contributed by atoms with van der Waals surface area (Å²) in [6.45, 7) is 5.55. The summed E-state index contributed by atoms with van der Waals surface area (Å²) >= 11 is 0. The Labute approximate surface area is 272 Å². The Kier molecular flexibility index (Phi) is 8.66. The maximum atomic E-state index is 15.5. The van der Waals surface area contributed by atoms with Gasteiger partial charge in [-0.1, -0.05) is 106 Å². The molecule has 3 nitrogen and oxygen atoms in total. The van der Waals surface area contributed by atoms with Crippen LogP contribution in [-0.4, -0.2) is 31.7 Å². The van der Waals surface area contributed by atoms with Crippen LogP contribution in [-0.2, 0) is 19.2 Å². The van der Waals surface area contributed by atoms with Crippen LogP contribution in [0.2, 0.25) is 0 Å². The molecule has 256 valence electrons. The number of benzene rings is 5. The van der Waals surface area contributed by atoms with Gasteiger partial charge in [-0.25, -0.2) is 3.63 Å². The molecule has 0 saturated carbocycles. The second kappa shape index (κ2) is 11.7. The molecule has 0 radical (unpaired) electrons. The minimum atomic E-state index is -7.49. The lowest BCUT2D eigenvalue weighted by Gasteiger charge is -2.42. The molecule has 0 spiro atoms. The zero-order valence-corrected chi connectivity index (χ0v) is 27.0. The summed E-state index contributed by atoms with van der Waals surface area (Å²) in [4.78, 5) is -0.384. The first kappa shape index (κ1) is 35.6. The molecular formula is C34H27F9O3S2. The van der Waals surface area contributed by atoms with Crippen LogP contribution in [0.15, 0.2) is 124 Å². The van der Waals surface area contributed by atoms with E-state index in [1.165, 1.54) is 72.8 Å². The monoisotopic (exact) mass is 718 g/mol. The lowest BCUT2D eigenvalue weighted by molar-refractivity contribution is -0.382. The van der Waals surface area contributed by atoms with E-state index < -0.39 is 49.1 Å². The molecule has 0 bridgehead atoms. The molecule has 0 saturated heterocycles. The van der Waals surface area contributed by atoms with Crippen molar-refractivity contribution in [1.82, 2.24) is 0 Å². The average Bonchev–Trinajstić information content (AvgIpc) is 3.02. The first-order chi connectivity index (χ1) is 22.1. The van der Waals surface area contributed by atoms with Gasteiger partial charge in [0.25, 0.3) is 0 Å². The minimum absolute atomic E-state index is 0.120. The van der Waals surface area contributed by atoms with Gasteiger partial charge in [0, 0.05) is 14.7 Å². The third-order valence-corrected chi connectivity index (χ3v) is 13.1. The van der Waals surface area contributed by atoms with Gasteiger partial charge in [0.05, 0.1) is 0 Å². The van der Waals surface area contributed by atoms with Crippen LogP contribution in [0.25, 0.3) is 21.5 Å². The standard InChI is InChI=1S/C34H27F9O3S2/c1-30(2,3)24-18-20-25(21-19-24)47(28-16-8-12-22-10-4-6-14-26(22)28,29-17-9-13-23-11-5-7-15-27(23)29)46-48(44,45)34(42,43)32(37,38)31(35,36)33(39,40)41/h4-21H,1-3H3. The van der Waals surface area contributed by atoms with E-state index in [1.54, 1.807) is 36.4 Å². The van der Waals surface area contributed by atoms with Gasteiger partial charge in [-0.15, -0.1) is 0 Å². The molecular weight excluding hydrogens is 691 g/mol. The van der Waals surface area contributed by atoms with Crippen molar-refractivity contribution in [1.29, 1.82) is 0 Å². The van der Waals surface area contributed by atoms with E-state index in [-0.39, 0.29) is 25.5 Å². The van der Waals surface area contributed by atoms with Gasteiger partial charge < -0.3 is 0 Å². The highest BCUT2D eigenvalue weighted by Gasteiger charge is 2.86. The van der Waals surface area contributed by atoms with Crippen molar-refractivity contribution >= 4 is 42.0 Å². The lowest BCUT2D eigenvalue weighted by atomic mass is 9.87. The quantitative estimate of drug-likeness (QED) is 0.150. The van der Waals surface area contributed by atoms with Gasteiger partial charge in [-0.2, -0.15) is 47.9 Å². The molecule has 0 aromatic heterocycles. The van der Waals surface area contributed by atoms with Crippen LogP contribution in [0.3, 0.4) is 0 Å². The fourth-order valence-corrected chi connectivity index (χ4v) is 10.8. The Morgan fingerprint density at radius 2 is 0.938 bits per heavy atom. The van der Waals surface area contributed by atoms with Crippen molar-refractivity contribution < 1.29 is 51.6 Å². The highest BCUT2D eigenvalue weighted by molar-refractivity contribution is 8.33. The summed E-state index contributed by atoms with van der Waals surface area (Å²) in [5, 5.41) is -5.79. The average molecular weight is 719 g/mol. The van der Waals surface area contributed by atoms with Crippen LogP contribution in [0.5, 0.6) is 0 Å². The molecule has 0 aliphatic carbocycles. The van der Waals surface area contributed by atoms with Crippen LogP contribution in [0.4, 0.5) is 39.5 Å². The summed E-state index contributed by atoms with van der Waals surface area (Å²) in [5.74, 6) is -15.0. The van der Waals surface area contributed by atoms with Crippen LogP contribution in [0, 0.1) is 0 Å². The number of halogens is 9. The van der Waals surface area contributed by atoms with Crippen molar-refractivity contribution in [2.75, 3.05) is 0 Å². The van der Waals surface area contributed by atoms with Gasteiger partial charge in [-0.3, -0.25) is 0 Å². The Balaban J connectivity index is 1.95. The smallest absolute Gasteiger partial charge is 0.202 e. The highest BCUT2D eigenvalue weighted by atomic mass is 32.3. The molecule has 14 heteroatoms. The maximum Gasteiger partial charge on any atom is 0.460 e. The van der Waals surface area contributed by atoms with E-state index in [9.17, 15) is 39.2 Å². The Bertz CT molecular complexity index is 2000. The van der Waals surface area contributed by atoms with Crippen molar-refractivity contribution in [3.63, 3.8) is 0 Å². The highest BCUT2D eigenvalue weighted by Crippen LogP contribution is 2.73. The molecule has 0 atom stereocenters. The number of hydrogen-bond acceptors (Lipinski definition) is 3. The molecule has 5 aromatic carbocycles. The third kappa shape index (κ3) is 5.51. The Morgan fingerprint density at radius 3 is 1.35 bits per heavy atom. The molecule has 0 aliphatic heterocycles. The van der Waals surface area contributed by atoms with Crippen molar-refractivity contribution in [2.45, 2.75) is 64.1 Å². The van der Waals surface area contributed by atoms with Crippen LogP contribution >= 0.6 is 10.3 Å². The molecule has 48 heavy (non-hydrogen) atoms. The topological polar surface area (TPSA) is 43.4 Å². The molecule has 0 aliphatic rings. The first-order valence-corrected chi connectivity index (χ1v) is 17.1. The number of hydrogen-bond donors (Lipinski definition) is 0. The number of alkyl halides is 9. The van der Waals surface area contributed by atoms with E-state index in [2.05, 4.69) is 0 Å². The maximum absolute atomic E-state index is 15.5. The van der Waals surface area contributed by atoms with Crippen molar-refractivity contribution in [3.05, 3.63) is 115 Å². The summed E-state index contributed by atoms with van der Waals surface area (Å²) in [6.07, 6.45) is -7.24. The SMILES string of the molecule is CC(C)(C)c1ccc(S(OS(=O)(=O)C(F)(F)C(F)(F)C(F)(F)C(F)(F)F)(c2cccc3ccccc23)c2cccc3ccccc23)cc1. The Hall–Kier alpha value is -3.75. The lowest BCUT2D eigenvalue weighted by Crippen LogP contribution is -2.63. The van der Waals surface area contributed by atoms with E-state index in [0.717, 1.165) is 0 Å². The molecule has 0 heterocycles. The van der Waals surface area contributed by atoms with Gasteiger partial charge in [0.15, 0.2) is 0 Å². The van der Waals surface area contributed by atoms with Gasteiger partial charge in [-0.05, 0) is 67.1 Å². The summed E-state index contributed by atoms with van der Waals surface area (Å²) in [7, 11) is -11.6. The largest absolute Gasteiger partial charge is 0.460 e. The van der Waals surface area contributed by atoms with Gasteiger partial charge >= 0.3 is 33.4 Å². The molecule has 0 amide bonds. The summed E-state index contributed by atoms with van der Waals surface area (Å²) in [5.41, 5.74) is 0.195. The number of rotatable bonds is 8. The van der Waals surface area contributed by atoms with Crippen molar-refractivity contribution in [3.8, 4) is 0 Å². The zero-order valence-electron chi connectivity index (χ0n) is 25.3.